The minimum atomic E-state index is -3.67. The second-order valence-electron chi connectivity index (χ2n) is 7.62. The second kappa shape index (κ2) is 9.02. The number of para-hydroxylation sites is 2. The highest BCUT2D eigenvalue weighted by Gasteiger charge is 2.28. The number of rotatable bonds is 8. The van der Waals surface area contributed by atoms with Crippen LogP contribution in [0.15, 0.2) is 77.7 Å². The van der Waals surface area contributed by atoms with Crippen LogP contribution in [0.2, 0.25) is 0 Å². The van der Waals surface area contributed by atoms with Gasteiger partial charge in [-0.1, -0.05) is 30.3 Å². The van der Waals surface area contributed by atoms with E-state index in [1.165, 1.54) is 19.2 Å². The Hall–Kier alpha value is -3.36. The Kier molecular flexibility index (Phi) is 6.16. The smallest absolute Gasteiger partial charge is 0.257 e. The van der Waals surface area contributed by atoms with Gasteiger partial charge in [-0.05, 0) is 55.3 Å². The van der Waals surface area contributed by atoms with Crippen molar-refractivity contribution in [1.82, 2.24) is 4.72 Å². The summed E-state index contributed by atoms with van der Waals surface area (Å²) in [6, 6.07) is 21.4. The molecule has 8 heteroatoms. The third kappa shape index (κ3) is 4.76. The van der Waals surface area contributed by atoms with Crippen LogP contribution in [0.3, 0.4) is 0 Å². The minimum Gasteiger partial charge on any atom is -0.495 e. The monoisotopic (exact) mass is 451 g/mol. The second-order valence-corrected chi connectivity index (χ2v) is 9.34. The van der Waals surface area contributed by atoms with E-state index in [0.29, 0.717) is 17.0 Å². The zero-order chi connectivity index (χ0) is 22.7. The molecule has 1 aliphatic carbocycles. The number of anilines is 3. The summed E-state index contributed by atoms with van der Waals surface area (Å²) in [5.74, 6) is 0.00370. The van der Waals surface area contributed by atoms with E-state index in [2.05, 4.69) is 10.0 Å². The highest BCUT2D eigenvalue weighted by molar-refractivity contribution is 7.89. The Bertz CT molecular complexity index is 1230. The minimum absolute atomic E-state index is 0.0134. The van der Waals surface area contributed by atoms with Crippen molar-refractivity contribution in [1.29, 1.82) is 0 Å². The highest BCUT2D eigenvalue weighted by atomic mass is 32.2. The molecule has 3 aromatic rings. The van der Waals surface area contributed by atoms with Gasteiger partial charge in [-0.25, -0.2) is 13.1 Å². The molecule has 0 atom stereocenters. The maximum Gasteiger partial charge on any atom is 0.257 e. The molecule has 0 radical (unpaired) electrons. The quantitative estimate of drug-likeness (QED) is 0.537. The molecule has 2 N–H and O–H groups in total. The van der Waals surface area contributed by atoms with Gasteiger partial charge < -0.3 is 15.0 Å². The predicted octanol–water partition coefficient (Wildman–Crippen LogP) is 4.16. The molecule has 3 aromatic carbocycles. The fourth-order valence-corrected chi connectivity index (χ4v) is 4.71. The Morgan fingerprint density at radius 3 is 2.38 bits per heavy atom. The van der Waals surface area contributed by atoms with Gasteiger partial charge in [-0.2, -0.15) is 0 Å². The number of nitrogens with zero attached hydrogens (tertiary/aromatic N) is 1. The van der Waals surface area contributed by atoms with Crippen molar-refractivity contribution < 1.29 is 17.9 Å². The first-order valence-corrected chi connectivity index (χ1v) is 11.8. The first-order chi connectivity index (χ1) is 15.4. The van der Waals surface area contributed by atoms with E-state index in [9.17, 15) is 13.2 Å². The number of hydrogen-bond donors (Lipinski definition) is 2. The lowest BCUT2D eigenvalue weighted by atomic mass is 10.1. The van der Waals surface area contributed by atoms with Crippen molar-refractivity contribution in [2.75, 3.05) is 24.4 Å². The largest absolute Gasteiger partial charge is 0.495 e. The maximum absolute atomic E-state index is 13.2. The van der Waals surface area contributed by atoms with Crippen LogP contribution in [0.1, 0.15) is 23.2 Å². The number of benzene rings is 3. The Labute approximate surface area is 188 Å². The summed E-state index contributed by atoms with van der Waals surface area (Å²) in [7, 11) is -0.309. The third-order valence-corrected chi connectivity index (χ3v) is 6.80. The van der Waals surface area contributed by atoms with Crippen LogP contribution in [-0.4, -0.2) is 34.5 Å². The number of carbonyl (C=O) groups excluding carboxylic acids is 1. The van der Waals surface area contributed by atoms with Gasteiger partial charge in [0.05, 0.1) is 28.9 Å². The standard InChI is InChI=1S/C24H25N3O4S/c1-27(18-8-4-3-5-9-18)22-11-7-6-10-20(22)24(28)25-21-16-19(14-15-23(21)31-2)32(29,30)26-17-12-13-17/h3-11,14-17,26H,12-13H2,1-2H3,(H,25,28). The molecule has 4 rings (SSSR count). The summed E-state index contributed by atoms with van der Waals surface area (Å²) >= 11 is 0. The Morgan fingerprint density at radius 2 is 1.69 bits per heavy atom. The summed E-state index contributed by atoms with van der Waals surface area (Å²) in [4.78, 5) is 15.2. The lowest BCUT2D eigenvalue weighted by Crippen LogP contribution is -2.26. The van der Waals surface area contributed by atoms with E-state index in [1.54, 1.807) is 18.2 Å². The topological polar surface area (TPSA) is 87.7 Å². The molecule has 0 spiro atoms. The number of hydrogen-bond acceptors (Lipinski definition) is 5. The summed E-state index contributed by atoms with van der Waals surface area (Å²) in [5.41, 5.74) is 2.39. The van der Waals surface area contributed by atoms with Crippen molar-refractivity contribution >= 4 is 33.0 Å². The first-order valence-electron chi connectivity index (χ1n) is 10.3. The van der Waals surface area contributed by atoms with E-state index in [1.807, 2.05) is 54.4 Å². The summed E-state index contributed by atoms with van der Waals surface area (Å²) in [6.45, 7) is 0. The van der Waals surface area contributed by atoms with Crippen LogP contribution >= 0.6 is 0 Å². The average Bonchev–Trinajstić information content (AvgIpc) is 3.62. The zero-order valence-electron chi connectivity index (χ0n) is 17.9. The van der Waals surface area contributed by atoms with Crippen molar-refractivity contribution in [3.05, 3.63) is 78.4 Å². The van der Waals surface area contributed by atoms with Gasteiger partial charge >= 0.3 is 0 Å². The molecule has 166 valence electrons. The number of methoxy groups -OCH3 is 1. The van der Waals surface area contributed by atoms with Gasteiger partial charge in [-0.3, -0.25) is 4.79 Å². The van der Waals surface area contributed by atoms with Gasteiger partial charge in [0.2, 0.25) is 10.0 Å². The van der Waals surface area contributed by atoms with E-state index >= 15 is 0 Å². The molecule has 0 unspecified atom stereocenters. The van der Waals surface area contributed by atoms with Crippen LogP contribution < -0.4 is 19.7 Å². The molecular weight excluding hydrogens is 426 g/mol. The van der Waals surface area contributed by atoms with E-state index in [0.717, 1.165) is 18.5 Å². The van der Waals surface area contributed by atoms with Gasteiger partial charge in [0.1, 0.15) is 5.75 Å². The maximum atomic E-state index is 13.2. The molecule has 0 heterocycles. The summed E-state index contributed by atoms with van der Waals surface area (Å²) < 4.78 is 33.2. The third-order valence-electron chi connectivity index (χ3n) is 5.28. The molecule has 0 saturated heterocycles. The van der Waals surface area contributed by atoms with Crippen molar-refractivity contribution in [3.8, 4) is 5.75 Å². The summed E-state index contributed by atoms with van der Waals surface area (Å²) in [5, 5.41) is 2.82. The molecule has 32 heavy (non-hydrogen) atoms. The van der Waals surface area contributed by atoms with E-state index < -0.39 is 10.0 Å². The van der Waals surface area contributed by atoms with Crippen LogP contribution in [0.25, 0.3) is 0 Å². The molecule has 1 amide bonds. The number of carbonyl (C=O) groups is 1. The van der Waals surface area contributed by atoms with E-state index in [4.69, 9.17) is 4.74 Å². The fourth-order valence-electron chi connectivity index (χ4n) is 3.38. The van der Waals surface area contributed by atoms with Crippen molar-refractivity contribution in [3.63, 3.8) is 0 Å². The highest BCUT2D eigenvalue weighted by Crippen LogP contribution is 2.31. The Morgan fingerprint density at radius 1 is 1.00 bits per heavy atom. The van der Waals surface area contributed by atoms with Crippen LogP contribution in [0, 0.1) is 0 Å². The fraction of sp³-hybridized carbons (Fsp3) is 0.208. The van der Waals surface area contributed by atoms with Crippen molar-refractivity contribution in [2.24, 2.45) is 0 Å². The average molecular weight is 452 g/mol. The molecule has 1 fully saturated rings. The summed E-state index contributed by atoms with van der Waals surface area (Å²) in [6.07, 6.45) is 1.68. The SMILES string of the molecule is COc1ccc(S(=O)(=O)NC2CC2)cc1NC(=O)c1ccccc1N(C)c1ccccc1. The molecule has 7 nitrogen and oxygen atoms in total. The first kappa shape index (κ1) is 21.9. The van der Waals surface area contributed by atoms with Gasteiger partial charge in [0.15, 0.2) is 0 Å². The number of sulfonamides is 1. The zero-order valence-corrected chi connectivity index (χ0v) is 18.7. The lowest BCUT2D eigenvalue weighted by molar-refractivity contribution is 0.102. The van der Waals surface area contributed by atoms with E-state index in [-0.39, 0.29) is 22.5 Å². The molecule has 1 saturated carbocycles. The molecule has 1 aliphatic rings. The Balaban J connectivity index is 1.64. The predicted molar refractivity (Wildman–Crippen MR) is 125 cm³/mol. The van der Waals surface area contributed by atoms with Crippen LogP contribution in [-0.2, 0) is 10.0 Å². The van der Waals surface area contributed by atoms with Crippen LogP contribution in [0.4, 0.5) is 17.1 Å². The number of amides is 1. The van der Waals surface area contributed by atoms with Gasteiger partial charge in [-0.15, -0.1) is 0 Å². The number of nitrogens with one attached hydrogen (secondary N) is 2. The normalized spacial score (nSPS) is 13.4. The molecule has 0 aromatic heterocycles. The van der Waals surface area contributed by atoms with Crippen molar-refractivity contribution in [2.45, 2.75) is 23.8 Å². The van der Waals surface area contributed by atoms with Crippen LogP contribution in [0.5, 0.6) is 5.75 Å². The lowest BCUT2D eigenvalue weighted by Gasteiger charge is -2.22. The molecular formula is C24H25N3O4S. The number of ether oxygens (including phenoxy) is 1. The molecule has 0 bridgehead atoms. The molecule has 0 aliphatic heterocycles. The van der Waals surface area contributed by atoms with Gasteiger partial charge in [0.25, 0.3) is 5.91 Å². The van der Waals surface area contributed by atoms with Gasteiger partial charge in [0, 0.05) is 18.8 Å².